The quantitative estimate of drug-likeness (QED) is 0.638. The van der Waals surface area contributed by atoms with E-state index in [9.17, 15) is 0 Å². The minimum absolute atomic E-state index is 0.606. The fourth-order valence-corrected chi connectivity index (χ4v) is 1.46. The molecule has 0 saturated carbocycles. The molecule has 0 aliphatic heterocycles. The molecule has 0 spiro atoms. The topological polar surface area (TPSA) is 26.0 Å². The standard InChI is InChI=1S/C13H13N.3C2H6.CH5P/c14-10-11-6-8-13(9-7-11)12-4-2-1-3-5-12;4*1-2/h1-9H,10,14H2;3*1-2H3;2H2,1H3. The summed E-state index contributed by atoms with van der Waals surface area (Å²) in [7, 11) is 2.42. The largest absolute Gasteiger partial charge is 0.326 e. The van der Waals surface area contributed by atoms with Gasteiger partial charge >= 0.3 is 0 Å². The first-order valence-electron chi connectivity index (χ1n) is 8.32. The van der Waals surface area contributed by atoms with Gasteiger partial charge in [0.05, 0.1) is 0 Å². The molecule has 0 aliphatic rings. The lowest BCUT2D eigenvalue weighted by Gasteiger charge is -2.02. The number of rotatable bonds is 2. The number of hydrogen-bond acceptors (Lipinski definition) is 1. The summed E-state index contributed by atoms with van der Waals surface area (Å²) in [6, 6.07) is 18.7. The Balaban J connectivity index is -0.000000394. The van der Waals surface area contributed by atoms with Crippen LogP contribution in [0.2, 0.25) is 0 Å². The molecular formula is C20H36NP. The SMILES string of the molecule is CC.CC.CC.CP.NCc1ccc(-c2ccccc2)cc1. The van der Waals surface area contributed by atoms with Crippen LogP contribution in [0.3, 0.4) is 0 Å². The molecule has 0 radical (unpaired) electrons. The third-order valence-corrected chi connectivity index (χ3v) is 2.30. The van der Waals surface area contributed by atoms with Gasteiger partial charge in [0.2, 0.25) is 0 Å². The third-order valence-electron chi connectivity index (χ3n) is 2.30. The maximum absolute atomic E-state index is 5.54. The highest BCUT2D eigenvalue weighted by Crippen LogP contribution is 2.18. The molecule has 126 valence electrons. The fourth-order valence-electron chi connectivity index (χ4n) is 1.46. The Morgan fingerprint density at radius 3 is 1.36 bits per heavy atom. The van der Waals surface area contributed by atoms with Crippen LogP contribution in [-0.4, -0.2) is 6.66 Å². The van der Waals surface area contributed by atoms with Crippen LogP contribution in [0, 0.1) is 0 Å². The van der Waals surface area contributed by atoms with Crippen LogP contribution >= 0.6 is 9.24 Å². The summed E-state index contributed by atoms with van der Waals surface area (Å²) in [6.45, 7) is 14.5. The molecule has 2 rings (SSSR count). The average molecular weight is 321 g/mol. The highest BCUT2D eigenvalue weighted by atomic mass is 31.0. The van der Waals surface area contributed by atoms with E-state index in [1.54, 1.807) is 0 Å². The van der Waals surface area contributed by atoms with Gasteiger partial charge in [-0.05, 0) is 16.7 Å². The van der Waals surface area contributed by atoms with Crippen molar-refractivity contribution in [3.05, 3.63) is 60.2 Å². The molecule has 2 aromatic rings. The van der Waals surface area contributed by atoms with E-state index < -0.39 is 0 Å². The zero-order valence-electron chi connectivity index (χ0n) is 15.6. The molecule has 22 heavy (non-hydrogen) atoms. The number of benzene rings is 2. The molecule has 0 aromatic heterocycles. The van der Waals surface area contributed by atoms with Gasteiger partial charge in [-0.2, -0.15) is 0 Å². The van der Waals surface area contributed by atoms with E-state index in [0.717, 1.165) is 0 Å². The Bertz CT molecular complexity index is 396. The molecule has 0 saturated heterocycles. The smallest absolute Gasteiger partial charge is 0.0178 e. The van der Waals surface area contributed by atoms with Crippen molar-refractivity contribution in [1.29, 1.82) is 0 Å². The molecule has 0 amide bonds. The zero-order chi connectivity index (χ0) is 17.8. The minimum atomic E-state index is 0.606. The van der Waals surface area contributed by atoms with Gasteiger partial charge in [-0.15, -0.1) is 9.24 Å². The summed E-state index contributed by atoms with van der Waals surface area (Å²) in [4.78, 5) is 0. The van der Waals surface area contributed by atoms with E-state index in [0.29, 0.717) is 6.54 Å². The second-order valence-corrected chi connectivity index (χ2v) is 3.27. The molecule has 2 N–H and O–H groups in total. The molecule has 2 aromatic carbocycles. The van der Waals surface area contributed by atoms with Crippen molar-refractivity contribution < 1.29 is 0 Å². The lowest BCUT2D eigenvalue weighted by molar-refractivity contribution is 1.07. The van der Waals surface area contributed by atoms with Gasteiger partial charge in [0.15, 0.2) is 0 Å². The van der Waals surface area contributed by atoms with Crippen molar-refractivity contribution in [2.24, 2.45) is 5.73 Å². The predicted molar refractivity (Wildman–Crippen MR) is 109 cm³/mol. The van der Waals surface area contributed by atoms with E-state index >= 15 is 0 Å². The minimum Gasteiger partial charge on any atom is -0.326 e. The van der Waals surface area contributed by atoms with Crippen molar-refractivity contribution in [2.45, 2.75) is 48.1 Å². The summed E-state index contributed by atoms with van der Waals surface area (Å²) in [6.07, 6.45) is 0. The van der Waals surface area contributed by atoms with E-state index in [4.69, 9.17) is 5.73 Å². The molecule has 1 unspecified atom stereocenters. The average Bonchev–Trinajstić information content (AvgIpc) is 2.69. The maximum atomic E-state index is 5.54. The van der Waals surface area contributed by atoms with Crippen molar-refractivity contribution >= 4 is 9.24 Å². The van der Waals surface area contributed by atoms with Crippen molar-refractivity contribution in [3.63, 3.8) is 0 Å². The van der Waals surface area contributed by atoms with Crippen LogP contribution in [0.15, 0.2) is 54.6 Å². The number of hydrogen-bond donors (Lipinski definition) is 1. The van der Waals surface area contributed by atoms with Crippen LogP contribution in [-0.2, 0) is 6.54 Å². The van der Waals surface area contributed by atoms with Crippen LogP contribution in [0.5, 0.6) is 0 Å². The second kappa shape index (κ2) is 22.1. The first kappa shape index (κ1) is 25.8. The first-order valence-corrected chi connectivity index (χ1v) is 9.48. The van der Waals surface area contributed by atoms with Gasteiger partial charge in [-0.3, -0.25) is 0 Å². The molecule has 2 heteroatoms. The van der Waals surface area contributed by atoms with Gasteiger partial charge in [0, 0.05) is 6.54 Å². The zero-order valence-corrected chi connectivity index (χ0v) is 16.7. The van der Waals surface area contributed by atoms with E-state index in [1.165, 1.54) is 16.7 Å². The summed E-state index contributed by atoms with van der Waals surface area (Å²) in [5.74, 6) is 0. The van der Waals surface area contributed by atoms with Crippen LogP contribution < -0.4 is 5.73 Å². The van der Waals surface area contributed by atoms with E-state index in [1.807, 2.05) is 66.4 Å². The van der Waals surface area contributed by atoms with Crippen molar-refractivity contribution in [1.82, 2.24) is 0 Å². The Morgan fingerprint density at radius 2 is 1.00 bits per heavy atom. The van der Waals surface area contributed by atoms with Crippen LogP contribution in [0.4, 0.5) is 0 Å². The summed E-state index contributed by atoms with van der Waals surface area (Å²) in [5.41, 5.74) is 9.19. The van der Waals surface area contributed by atoms with E-state index in [-0.39, 0.29) is 0 Å². The Labute approximate surface area is 141 Å². The van der Waals surface area contributed by atoms with E-state index in [2.05, 4.69) is 45.6 Å². The highest BCUT2D eigenvalue weighted by Gasteiger charge is 1.95. The van der Waals surface area contributed by atoms with Gasteiger partial charge in [-0.1, -0.05) is 103 Å². The van der Waals surface area contributed by atoms with Gasteiger partial charge < -0.3 is 5.73 Å². The third kappa shape index (κ3) is 11.5. The molecule has 1 atom stereocenters. The summed E-state index contributed by atoms with van der Waals surface area (Å²) in [5, 5.41) is 0. The molecular weight excluding hydrogens is 285 g/mol. The molecule has 0 heterocycles. The highest BCUT2D eigenvalue weighted by molar-refractivity contribution is 7.15. The van der Waals surface area contributed by atoms with Gasteiger partial charge in [-0.25, -0.2) is 0 Å². The van der Waals surface area contributed by atoms with Crippen molar-refractivity contribution in [3.8, 4) is 11.1 Å². The molecule has 1 nitrogen and oxygen atoms in total. The van der Waals surface area contributed by atoms with Gasteiger partial charge in [0.1, 0.15) is 0 Å². The predicted octanol–water partition coefficient (Wildman–Crippen LogP) is 6.38. The summed E-state index contributed by atoms with van der Waals surface area (Å²) >= 11 is 0. The lowest BCUT2D eigenvalue weighted by atomic mass is 10.0. The molecule has 0 bridgehead atoms. The molecule has 0 fully saturated rings. The van der Waals surface area contributed by atoms with Gasteiger partial charge in [0.25, 0.3) is 0 Å². The Hall–Kier alpha value is -1.17. The lowest BCUT2D eigenvalue weighted by Crippen LogP contribution is -1.95. The molecule has 0 aliphatic carbocycles. The Kier molecular flexibility index (Phi) is 25.9. The Morgan fingerprint density at radius 1 is 0.636 bits per heavy atom. The van der Waals surface area contributed by atoms with Crippen molar-refractivity contribution in [2.75, 3.05) is 6.66 Å². The second-order valence-electron chi connectivity index (χ2n) is 3.27. The van der Waals surface area contributed by atoms with Crippen LogP contribution in [0.25, 0.3) is 11.1 Å². The number of nitrogens with two attached hydrogens (primary N) is 1. The van der Waals surface area contributed by atoms with Crippen LogP contribution in [0.1, 0.15) is 47.1 Å². The normalized spacial score (nSPS) is 7.50. The fraction of sp³-hybridized carbons (Fsp3) is 0.400. The maximum Gasteiger partial charge on any atom is 0.0178 e. The monoisotopic (exact) mass is 321 g/mol. The summed E-state index contributed by atoms with van der Waals surface area (Å²) < 4.78 is 0. The first-order chi connectivity index (χ1) is 10.9.